The summed E-state index contributed by atoms with van der Waals surface area (Å²) in [7, 11) is -2.91. The molecule has 27 heavy (non-hydrogen) atoms. The van der Waals surface area contributed by atoms with E-state index in [9.17, 15) is 13.2 Å². The van der Waals surface area contributed by atoms with E-state index in [0.717, 1.165) is 35.9 Å². The van der Waals surface area contributed by atoms with Crippen LogP contribution < -0.4 is 5.56 Å². The second kappa shape index (κ2) is 6.02. The Morgan fingerprint density at radius 3 is 2.96 bits per heavy atom. The molecule has 0 radical (unpaired) electrons. The van der Waals surface area contributed by atoms with Gasteiger partial charge in [0, 0.05) is 30.1 Å². The second-order valence-electron chi connectivity index (χ2n) is 7.56. The summed E-state index contributed by atoms with van der Waals surface area (Å²) in [6, 6.07) is 7.78. The van der Waals surface area contributed by atoms with E-state index in [2.05, 4.69) is 16.4 Å². The minimum atomic E-state index is -2.91. The third-order valence-corrected chi connectivity index (χ3v) is 7.46. The predicted octanol–water partition coefficient (Wildman–Crippen LogP) is 1.64. The first-order chi connectivity index (χ1) is 13.0. The van der Waals surface area contributed by atoms with Gasteiger partial charge in [-0.15, -0.1) is 5.10 Å². The van der Waals surface area contributed by atoms with E-state index in [1.807, 2.05) is 22.9 Å². The molecule has 2 aliphatic heterocycles. The van der Waals surface area contributed by atoms with Crippen molar-refractivity contribution in [1.29, 1.82) is 0 Å². The number of nitrogens with zero attached hydrogens (tertiary/aromatic N) is 4. The molecular formula is C19H20N4O3S. The molecule has 1 atom stereocenters. The number of hydrogen-bond acceptors (Lipinski definition) is 5. The molecular weight excluding hydrogens is 364 g/mol. The van der Waals surface area contributed by atoms with Crippen LogP contribution in [0.1, 0.15) is 18.4 Å². The molecule has 2 aliphatic rings. The SMILES string of the molecule is O=c1cc(-c2cn(CC3CCS(=O)(=O)C3)nn2)c2cccc3c2n1CCC3. The normalized spacial score (nSPS) is 21.0. The topological polar surface area (TPSA) is 86.8 Å². The average Bonchev–Trinajstić information content (AvgIpc) is 3.24. The predicted molar refractivity (Wildman–Crippen MR) is 102 cm³/mol. The highest BCUT2D eigenvalue weighted by Crippen LogP contribution is 2.30. The molecule has 0 aliphatic carbocycles. The fourth-order valence-electron chi connectivity index (χ4n) is 4.37. The maximum absolute atomic E-state index is 12.6. The van der Waals surface area contributed by atoms with Crippen LogP contribution in [-0.2, 0) is 29.3 Å². The van der Waals surface area contributed by atoms with Crippen molar-refractivity contribution in [2.45, 2.75) is 32.4 Å². The van der Waals surface area contributed by atoms with Gasteiger partial charge in [-0.25, -0.2) is 8.42 Å². The van der Waals surface area contributed by atoms with Gasteiger partial charge in [0.05, 0.1) is 23.2 Å². The van der Waals surface area contributed by atoms with Gasteiger partial charge in [-0.05, 0) is 30.7 Å². The Hall–Kier alpha value is -2.48. The molecule has 0 N–H and O–H groups in total. The van der Waals surface area contributed by atoms with Gasteiger partial charge >= 0.3 is 0 Å². The van der Waals surface area contributed by atoms with E-state index in [4.69, 9.17) is 0 Å². The molecule has 1 aromatic carbocycles. The number of benzene rings is 1. The van der Waals surface area contributed by atoms with E-state index < -0.39 is 9.84 Å². The lowest BCUT2D eigenvalue weighted by Gasteiger charge is -2.20. The summed E-state index contributed by atoms with van der Waals surface area (Å²) in [5.41, 5.74) is 3.63. The molecule has 4 heterocycles. The minimum absolute atomic E-state index is 0.0129. The number of hydrogen-bond donors (Lipinski definition) is 0. The molecule has 0 bridgehead atoms. The fraction of sp³-hybridized carbons (Fsp3) is 0.421. The number of aryl methyl sites for hydroxylation is 2. The standard InChI is InChI=1S/C19H20N4O3S/c24-18-9-16(15-5-1-3-14-4-2-7-23(18)19(14)15)17-11-22(21-20-17)10-13-6-8-27(25,26)12-13/h1,3,5,9,11,13H,2,4,6-8,10,12H2. The van der Waals surface area contributed by atoms with Crippen LogP contribution in [0.4, 0.5) is 0 Å². The molecule has 8 heteroatoms. The summed E-state index contributed by atoms with van der Waals surface area (Å²) in [5.74, 6) is 0.543. The summed E-state index contributed by atoms with van der Waals surface area (Å²) >= 11 is 0. The molecule has 140 valence electrons. The molecule has 1 saturated heterocycles. The van der Waals surface area contributed by atoms with Crippen LogP contribution in [0, 0.1) is 5.92 Å². The van der Waals surface area contributed by atoms with Crippen molar-refractivity contribution in [3.8, 4) is 11.3 Å². The van der Waals surface area contributed by atoms with Crippen molar-refractivity contribution >= 4 is 20.7 Å². The van der Waals surface area contributed by atoms with Crippen molar-refractivity contribution in [2.24, 2.45) is 5.92 Å². The van der Waals surface area contributed by atoms with Gasteiger partial charge in [0.1, 0.15) is 5.69 Å². The zero-order valence-corrected chi connectivity index (χ0v) is 15.7. The van der Waals surface area contributed by atoms with E-state index in [1.54, 1.807) is 10.7 Å². The third kappa shape index (κ3) is 2.88. The average molecular weight is 384 g/mol. The van der Waals surface area contributed by atoms with Crippen LogP contribution in [-0.4, -0.2) is 39.5 Å². The highest BCUT2D eigenvalue weighted by molar-refractivity contribution is 7.91. The first kappa shape index (κ1) is 16.7. The summed E-state index contributed by atoms with van der Waals surface area (Å²) in [5, 5.41) is 9.47. The van der Waals surface area contributed by atoms with Crippen LogP contribution in [0.5, 0.6) is 0 Å². The number of rotatable bonds is 3. The maximum Gasteiger partial charge on any atom is 0.251 e. The molecule has 7 nitrogen and oxygen atoms in total. The van der Waals surface area contributed by atoms with Gasteiger partial charge in [-0.2, -0.15) is 0 Å². The lowest BCUT2D eigenvalue weighted by molar-refractivity contribution is 0.448. The molecule has 5 rings (SSSR count). The molecule has 1 unspecified atom stereocenters. The lowest BCUT2D eigenvalue weighted by atomic mass is 9.97. The molecule has 0 spiro atoms. The summed E-state index contributed by atoms with van der Waals surface area (Å²) in [4.78, 5) is 12.6. The number of pyridine rings is 1. The van der Waals surface area contributed by atoms with Gasteiger partial charge in [-0.3, -0.25) is 9.48 Å². The van der Waals surface area contributed by atoms with Crippen molar-refractivity contribution < 1.29 is 8.42 Å². The van der Waals surface area contributed by atoms with Crippen molar-refractivity contribution in [3.63, 3.8) is 0 Å². The van der Waals surface area contributed by atoms with Crippen LogP contribution in [0.25, 0.3) is 22.2 Å². The Labute approximate surface area is 156 Å². The van der Waals surface area contributed by atoms with Crippen molar-refractivity contribution in [3.05, 3.63) is 46.4 Å². The van der Waals surface area contributed by atoms with E-state index in [-0.39, 0.29) is 23.0 Å². The van der Waals surface area contributed by atoms with Gasteiger partial charge in [-0.1, -0.05) is 23.4 Å². The highest BCUT2D eigenvalue weighted by atomic mass is 32.2. The minimum Gasteiger partial charge on any atom is -0.308 e. The molecule has 1 fully saturated rings. The second-order valence-corrected chi connectivity index (χ2v) is 9.79. The first-order valence-corrected chi connectivity index (χ1v) is 11.1. The zero-order chi connectivity index (χ0) is 18.6. The fourth-order valence-corrected chi connectivity index (χ4v) is 6.22. The number of para-hydroxylation sites is 1. The molecule has 0 amide bonds. The van der Waals surface area contributed by atoms with Crippen LogP contribution in [0.15, 0.2) is 35.3 Å². The van der Waals surface area contributed by atoms with E-state index in [0.29, 0.717) is 18.7 Å². The Morgan fingerprint density at radius 2 is 2.15 bits per heavy atom. The molecule has 0 saturated carbocycles. The molecule has 2 aromatic heterocycles. The quantitative estimate of drug-likeness (QED) is 0.685. The monoisotopic (exact) mass is 384 g/mol. The maximum atomic E-state index is 12.6. The van der Waals surface area contributed by atoms with Gasteiger partial charge < -0.3 is 4.57 Å². The van der Waals surface area contributed by atoms with Crippen LogP contribution >= 0.6 is 0 Å². The van der Waals surface area contributed by atoms with Gasteiger partial charge in [0.15, 0.2) is 9.84 Å². The number of sulfone groups is 1. The number of aromatic nitrogens is 4. The summed E-state index contributed by atoms with van der Waals surface area (Å²) in [6.07, 6.45) is 4.44. The Kier molecular flexibility index (Phi) is 3.72. The Morgan fingerprint density at radius 1 is 1.26 bits per heavy atom. The van der Waals surface area contributed by atoms with Crippen molar-refractivity contribution in [2.75, 3.05) is 11.5 Å². The van der Waals surface area contributed by atoms with E-state index in [1.165, 1.54) is 5.56 Å². The van der Waals surface area contributed by atoms with Crippen LogP contribution in [0.2, 0.25) is 0 Å². The molecule has 3 aromatic rings. The summed E-state index contributed by atoms with van der Waals surface area (Å²) in [6.45, 7) is 1.28. The highest BCUT2D eigenvalue weighted by Gasteiger charge is 2.28. The lowest BCUT2D eigenvalue weighted by Crippen LogP contribution is -2.24. The third-order valence-electron chi connectivity index (χ3n) is 5.63. The van der Waals surface area contributed by atoms with E-state index >= 15 is 0 Å². The van der Waals surface area contributed by atoms with Gasteiger partial charge in [0.25, 0.3) is 5.56 Å². The van der Waals surface area contributed by atoms with Crippen molar-refractivity contribution in [1.82, 2.24) is 19.6 Å². The largest absolute Gasteiger partial charge is 0.308 e. The smallest absolute Gasteiger partial charge is 0.251 e. The Balaban J connectivity index is 1.55. The first-order valence-electron chi connectivity index (χ1n) is 9.26. The Bertz CT molecular complexity index is 1210. The van der Waals surface area contributed by atoms with Gasteiger partial charge in [0.2, 0.25) is 0 Å². The summed E-state index contributed by atoms with van der Waals surface area (Å²) < 4.78 is 26.9. The zero-order valence-electron chi connectivity index (χ0n) is 14.8. The van der Waals surface area contributed by atoms with Crippen LogP contribution in [0.3, 0.4) is 0 Å².